The van der Waals surface area contributed by atoms with Crippen LogP contribution in [0.3, 0.4) is 0 Å². The molecule has 3 N–H and O–H groups in total. The summed E-state index contributed by atoms with van der Waals surface area (Å²) in [6.45, 7) is 1.28. The normalized spacial score (nSPS) is 15.2. The van der Waals surface area contributed by atoms with E-state index in [0.29, 0.717) is 30.2 Å². The predicted molar refractivity (Wildman–Crippen MR) is 84.6 cm³/mol. The second-order valence-electron chi connectivity index (χ2n) is 5.54. The molecule has 0 atom stereocenters. The van der Waals surface area contributed by atoms with Crippen LogP contribution < -0.4 is 11.1 Å². The smallest absolute Gasteiger partial charge is 0.321 e. The summed E-state index contributed by atoms with van der Waals surface area (Å²) in [7, 11) is 0. The minimum absolute atomic E-state index is 0.154. The number of nitrogens with two attached hydrogens (primary N) is 1. The Hall–Kier alpha value is -3.01. The van der Waals surface area contributed by atoms with Gasteiger partial charge in [0.15, 0.2) is 0 Å². The Morgan fingerprint density at radius 1 is 1.39 bits per heavy atom. The predicted octanol–water partition coefficient (Wildman–Crippen LogP) is 2.54. The topological polar surface area (TPSA) is 108 Å². The van der Waals surface area contributed by atoms with Crippen molar-refractivity contribution in [1.29, 1.82) is 5.26 Å². The molecule has 118 valence electrons. The second-order valence-corrected chi connectivity index (χ2v) is 5.54. The van der Waals surface area contributed by atoms with Crippen LogP contribution in [0.2, 0.25) is 0 Å². The standard InChI is InChI=1S/C16H17N5O2/c17-10-11-2-1-3-13(8-11)19-16(22)21-6-4-12(5-7-21)14-9-15(18)23-20-14/h1-3,8-9,12H,4-7,18H2,(H,19,22). The highest BCUT2D eigenvalue weighted by Crippen LogP contribution is 2.28. The van der Waals surface area contributed by atoms with Crippen molar-refractivity contribution in [3.8, 4) is 6.07 Å². The van der Waals surface area contributed by atoms with Gasteiger partial charge in [0.05, 0.1) is 17.3 Å². The average Bonchev–Trinajstić information content (AvgIpc) is 3.01. The molecule has 1 aliphatic rings. The zero-order valence-corrected chi connectivity index (χ0v) is 12.5. The number of piperidine rings is 1. The van der Waals surface area contributed by atoms with Gasteiger partial charge in [0.1, 0.15) is 0 Å². The molecule has 7 nitrogen and oxygen atoms in total. The first-order valence-electron chi connectivity index (χ1n) is 7.44. The van der Waals surface area contributed by atoms with Crippen LogP contribution in [0.4, 0.5) is 16.4 Å². The summed E-state index contributed by atoms with van der Waals surface area (Å²) in [5, 5.41) is 15.7. The Balaban J connectivity index is 1.57. The van der Waals surface area contributed by atoms with Crippen molar-refractivity contribution in [1.82, 2.24) is 10.1 Å². The SMILES string of the molecule is N#Cc1cccc(NC(=O)N2CCC(c3cc(N)on3)CC2)c1. The van der Waals surface area contributed by atoms with Gasteiger partial charge >= 0.3 is 6.03 Å². The summed E-state index contributed by atoms with van der Waals surface area (Å²) < 4.78 is 4.90. The first-order valence-corrected chi connectivity index (χ1v) is 7.44. The summed E-state index contributed by atoms with van der Waals surface area (Å²) in [5.41, 5.74) is 7.54. The number of amides is 2. The van der Waals surface area contributed by atoms with Gasteiger partial charge in [-0.25, -0.2) is 4.79 Å². The molecule has 0 unspecified atom stereocenters. The fourth-order valence-corrected chi connectivity index (χ4v) is 2.74. The molecule has 0 bridgehead atoms. The summed E-state index contributed by atoms with van der Waals surface area (Å²) in [4.78, 5) is 14.1. The molecular formula is C16H17N5O2. The number of benzene rings is 1. The maximum Gasteiger partial charge on any atom is 0.321 e. The van der Waals surface area contributed by atoms with Crippen LogP contribution in [0.5, 0.6) is 0 Å². The minimum Gasteiger partial charge on any atom is -0.368 e. The number of nitrogens with zero attached hydrogens (tertiary/aromatic N) is 3. The number of aromatic nitrogens is 1. The molecule has 3 rings (SSSR count). The van der Waals surface area contributed by atoms with Gasteiger partial charge < -0.3 is 20.5 Å². The summed E-state index contributed by atoms with van der Waals surface area (Å²) in [6.07, 6.45) is 1.63. The number of carbonyl (C=O) groups excluding carboxylic acids is 1. The molecule has 1 aromatic heterocycles. The van der Waals surface area contributed by atoms with Crippen molar-refractivity contribution >= 4 is 17.6 Å². The Morgan fingerprint density at radius 2 is 2.17 bits per heavy atom. The van der Waals surface area contributed by atoms with Crippen molar-refractivity contribution in [2.75, 3.05) is 24.1 Å². The van der Waals surface area contributed by atoms with Crippen LogP contribution in [0.25, 0.3) is 0 Å². The fourth-order valence-electron chi connectivity index (χ4n) is 2.74. The number of rotatable bonds is 2. The van der Waals surface area contributed by atoms with Crippen LogP contribution in [0.1, 0.15) is 30.0 Å². The molecule has 23 heavy (non-hydrogen) atoms. The zero-order valence-electron chi connectivity index (χ0n) is 12.5. The van der Waals surface area contributed by atoms with Crippen molar-refractivity contribution in [2.45, 2.75) is 18.8 Å². The maximum atomic E-state index is 12.3. The zero-order chi connectivity index (χ0) is 16.2. The van der Waals surface area contributed by atoms with E-state index in [4.69, 9.17) is 15.5 Å². The van der Waals surface area contributed by atoms with Gasteiger partial charge in [-0.05, 0) is 31.0 Å². The van der Waals surface area contributed by atoms with Crippen LogP contribution in [0, 0.1) is 11.3 Å². The lowest BCUT2D eigenvalue weighted by molar-refractivity contribution is 0.193. The van der Waals surface area contributed by atoms with Gasteiger partial charge in [0.25, 0.3) is 0 Å². The first kappa shape index (κ1) is 14.9. The highest BCUT2D eigenvalue weighted by molar-refractivity contribution is 5.89. The summed E-state index contributed by atoms with van der Waals surface area (Å²) in [6, 6.07) is 10.5. The minimum atomic E-state index is -0.154. The molecule has 1 saturated heterocycles. The van der Waals surface area contributed by atoms with Gasteiger partial charge in [-0.15, -0.1) is 0 Å². The van der Waals surface area contributed by atoms with Crippen LogP contribution in [-0.4, -0.2) is 29.2 Å². The summed E-state index contributed by atoms with van der Waals surface area (Å²) >= 11 is 0. The number of urea groups is 1. The number of carbonyl (C=O) groups is 1. The fraction of sp³-hybridized carbons (Fsp3) is 0.312. The van der Waals surface area contributed by atoms with E-state index in [1.54, 1.807) is 35.2 Å². The number of nitrogens with one attached hydrogen (secondary N) is 1. The van der Waals surface area contributed by atoms with E-state index in [9.17, 15) is 4.79 Å². The van der Waals surface area contributed by atoms with Crippen LogP contribution >= 0.6 is 0 Å². The van der Waals surface area contributed by atoms with Crippen molar-refractivity contribution in [3.63, 3.8) is 0 Å². The van der Waals surface area contributed by atoms with E-state index < -0.39 is 0 Å². The molecule has 2 amide bonds. The van der Waals surface area contributed by atoms with E-state index in [1.165, 1.54) is 0 Å². The monoisotopic (exact) mass is 311 g/mol. The van der Waals surface area contributed by atoms with E-state index in [1.807, 2.05) is 0 Å². The molecular weight excluding hydrogens is 294 g/mol. The first-order chi connectivity index (χ1) is 11.2. The molecule has 1 fully saturated rings. The van der Waals surface area contributed by atoms with Crippen LogP contribution in [-0.2, 0) is 0 Å². The Bertz CT molecular complexity index is 741. The molecule has 0 radical (unpaired) electrons. The van der Waals surface area contributed by atoms with Gasteiger partial charge in [0, 0.05) is 30.8 Å². The highest BCUT2D eigenvalue weighted by atomic mass is 16.5. The maximum absolute atomic E-state index is 12.3. The number of anilines is 2. The second kappa shape index (κ2) is 6.40. The van der Waals surface area contributed by atoms with Gasteiger partial charge in [0.2, 0.25) is 5.88 Å². The van der Waals surface area contributed by atoms with Gasteiger partial charge in [-0.2, -0.15) is 5.26 Å². The third kappa shape index (κ3) is 3.43. The van der Waals surface area contributed by atoms with Crippen molar-refractivity contribution in [3.05, 3.63) is 41.6 Å². The number of nitrogen functional groups attached to an aromatic ring is 1. The molecule has 1 aliphatic heterocycles. The number of likely N-dealkylation sites (tertiary alicyclic amines) is 1. The van der Waals surface area contributed by atoms with E-state index in [0.717, 1.165) is 18.5 Å². The third-order valence-electron chi connectivity index (χ3n) is 3.99. The molecule has 7 heteroatoms. The molecule has 1 aromatic carbocycles. The number of nitriles is 1. The van der Waals surface area contributed by atoms with Crippen molar-refractivity contribution < 1.29 is 9.32 Å². The Morgan fingerprint density at radius 3 is 2.83 bits per heavy atom. The molecule has 0 saturated carbocycles. The molecule has 0 aliphatic carbocycles. The largest absolute Gasteiger partial charge is 0.368 e. The van der Waals surface area contributed by atoms with Crippen molar-refractivity contribution in [2.24, 2.45) is 0 Å². The van der Waals surface area contributed by atoms with Gasteiger partial charge in [-0.3, -0.25) is 0 Å². The van der Waals surface area contributed by atoms with E-state index in [-0.39, 0.29) is 11.9 Å². The average molecular weight is 311 g/mol. The Kier molecular flexibility index (Phi) is 4.15. The summed E-state index contributed by atoms with van der Waals surface area (Å²) in [5.74, 6) is 0.583. The Labute approximate surface area is 133 Å². The lowest BCUT2D eigenvalue weighted by atomic mass is 9.94. The van der Waals surface area contributed by atoms with Gasteiger partial charge in [-0.1, -0.05) is 11.2 Å². The molecule has 0 spiro atoms. The number of hydrogen-bond acceptors (Lipinski definition) is 5. The quantitative estimate of drug-likeness (QED) is 0.886. The highest BCUT2D eigenvalue weighted by Gasteiger charge is 2.25. The lowest BCUT2D eigenvalue weighted by Gasteiger charge is -2.31. The van der Waals surface area contributed by atoms with E-state index >= 15 is 0 Å². The third-order valence-corrected chi connectivity index (χ3v) is 3.99. The molecule has 2 aromatic rings. The lowest BCUT2D eigenvalue weighted by Crippen LogP contribution is -2.40. The number of hydrogen-bond donors (Lipinski definition) is 2. The van der Waals surface area contributed by atoms with Crippen LogP contribution in [0.15, 0.2) is 34.9 Å². The van der Waals surface area contributed by atoms with E-state index in [2.05, 4.69) is 16.5 Å². The molecule has 2 heterocycles.